The van der Waals surface area contributed by atoms with Crippen molar-refractivity contribution in [1.29, 1.82) is 0 Å². The number of benzene rings is 2. The fourth-order valence-electron chi connectivity index (χ4n) is 3.17. The van der Waals surface area contributed by atoms with Gasteiger partial charge in [-0.15, -0.1) is 0 Å². The largest absolute Gasteiger partial charge is 0.357 e. The van der Waals surface area contributed by atoms with Gasteiger partial charge in [-0.2, -0.15) is 0 Å². The molecule has 0 spiro atoms. The first-order valence-corrected chi connectivity index (χ1v) is 12.6. The van der Waals surface area contributed by atoms with Gasteiger partial charge in [0.15, 0.2) is 5.96 Å². The first-order valence-electron chi connectivity index (χ1n) is 10.5. The molecule has 5 nitrogen and oxygen atoms in total. The Morgan fingerprint density at radius 2 is 1.50 bits per heavy atom. The average Bonchev–Trinajstić information content (AvgIpc) is 2.72. The Morgan fingerprint density at radius 3 is 1.97 bits per heavy atom. The SMILES string of the molecule is CCNC(=NCC(C)(C)CCS(C)(=O)=O)NCC(c1ccccc1)c1ccccc1. The molecule has 0 fully saturated rings. The molecule has 0 aliphatic carbocycles. The van der Waals surface area contributed by atoms with Gasteiger partial charge in [0.2, 0.25) is 0 Å². The molecule has 164 valence electrons. The van der Waals surface area contributed by atoms with Gasteiger partial charge in [-0.3, -0.25) is 4.99 Å². The van der Waals surface area contributed by atoms with Crippen molar-refractivity contribution in [2.24, 2.45) is 10.4 Å². The molecule has 2 N–H and O–H groups in total. The summed E-state index contributed by atoms with van der Waals surface area (Å²) >= 11 is 0. The van der Waals surface area contributed by atoms with E-state index in [0.29, 0.717) is 19.5 Å². The molecule has 0 aliphatic rings. The second kappa shape index (κ2) is 11.2. The summed E-state index contributed by atoms with van der Waals surface area (Å²) in [5.74, 6) is 1.14. The van der Waals surface area contributed by atoms with Crippen LogP contribution in [-0.4, -0.2) is 46.0 Å². The Bertz CT molecular complexity index is 855. The van der Waals surface area contributed by atoms with Crippen molar-refractivity contribution in [2.45, 2.75) is 33.1 Å². The van der Waals surface area contributed by atoms with E-state index in [2.05, 4.69) is 73.0 Å². The maximum atomic E-state index is 11.5. The second-order valence-electron chi connectivity index (χ2n) is 8.49. The van der Waals surface area contributed by atoms with Crippen LogP contribution in [0.3, 0.4) is 0 Å². The zero-order valence-electron chi connectivity index (χ0n) is 18.6. The van der Waals surface area contributed by atoms with Crippen molar-refractivity contribution in [3.63, 3.8) is 0 Å². The highest BCUT2D eigenvalue weighted by molar-refractivity contribution is 7.90. The summed E-state index contributed by atoms with van der Waals surface area (Å²) in [4.78, 5) is 4.74. The Hall–Kier alpha value is -2.34. The van der Waals surface area contributed by atoms with Gasteiger partial charge in [0, 0.05) is 31.8 Å². The zero-order chi connectivity index (χ0) is 22.0. The molecule has 30 heavy (non-hydrogen) atoms. The Kier molecular flexibility index (Phi) is 8.90. The minimum Gasteiger partial charge on any atom is -0.357 e. The summed E-state index contributed by atoms with van der Waals surface area (Å²) in [5, 5.41) is 6.79. The minimum atomic E-state index is -2.97. The molecule has 0 atom stereocenters. The molecule has 0 saturated carbocycles. The Labute approximate surface area is 181 Å². The third-order valence-corrected chi connectivity index (χ3v) is 5.98. The van der Waals surface area contributed by atoms with Gasteiger partial charge in [-0.05, 0) is 29.9 Å². The van der Waals surface area contributed by atoms with Crippen molar-refractivity contribution in [3.05, 3.63) is 71.8 Å². The van der Waals surface area contributed by atoms with Gasteiger partial charge >= 0.3 is 0 Å². The summed E-state index contributed by atoms with van der Waals surface area (Å²) in [6.07, 6.45) is 1.87. The maximum Gasteiger partial charge on any atom is 0.191 e. The van der Waals surface area contributed by atoms with E-state index in [9.17, 15) is 8.42 Å². The average molecular weight is 430 g/mol. The second-order valence-corrected chi connectivity index (χ2v) is 10.8. The molecule has 6 heteroatoms. The lowest BCUT2D eigenvalue weighted by Gasteiger charge is -2.24. The predicted molar refractivity (Wildman–Crippen MR) is 127 cm³/mol. The van der Waals surface area contributed by atoms with E-state index in [1.165, 1.54) is 17.4 Å². The Balaban J connectivity index is 2.11. The standard InChI is InChI=1S/C24H35N3O2S/c1-5-25-23(27-19-24(2,3)16-17-30(4,28)29)26-18-22(20-12-8-6-9-13-20)21-14-10-7-11-15-21/h6-15,22H,5,16-19H2,1-4H3,(H2,25,26,27). The molecule has 0 heterocycles. The van der Waals surface area contributed by atoms with Crippen LogP contribution in [-0.2, 0) is 9.84 Å². The number of aliphatic imine (C=N–C) groups is 1. The molecule has 0 amide bonds. The summed E-state index contributed by atoms with van der Waals surface area (Å²) in [5.41, 5.74) is 2.31. The maximum absolute atomic E-state index is 11.5. The molecular formula is C24H35N3O2S. The molecule has 2 aromatic rings. The number of hydrogen-bond acceptors (Lipinski definition) is 3. The summed E-state index contributed by atoms with van der Waals surface area (Å²) in [7, 11) is -2.97. The van der Waals surface area contributed by atoms with Crippen molar-refractivity contribution in [3.8, 4) is 0 Å². The van der Waals surface area contributed by atoms with Crippen molar-refractivity contribution in [1.82, 2.24) is 10.6 Å². The highest BCUT2D eigenvalue weighted by Gasteiger charge is 2.20. The minimum absolute atomic E-state index is 0.184. The van der Waals surface area contributed by atoms with Crippen molar-refractivity contribution < 1.29 is 8.42 Å². The van der Waals surface area contributed by atoms with E-state index < -0.39 is 9.84 Å². The molecule has 2 rings (SSSR count). The van der Waals surface area contributed by atoms with Crippen molar-refractivity contribution in [2.75, 3.05) is 31.6 Å². The van der Waals surface area contributed by atoms with E-state index in [4.69, 9.17) is 4.99 Å². The number of nitrogens with zero attached hydrogens (tertiary/aromatic N) is 1. The summed E-state index contributed by atoms with van der Waals surface area (Å²) in [6.45, 7) is 8.18. The lowest BCUT2D eigenvalue weighted by molar-refractivity contribution is 0.365. The third kappa shape index (κ3) is 8.57. The smallest absolute Gasteiger partial charge is 0.191 e. The topological polar surface area (TPSA) is 70.6 Å². The highest BCUT2D eigenvalue weighted by Crippen LogP contribution is 2.24. The van der Waals surface area contributed by atoms with Crippen LogP contribution in [0.15, 0.2) is 65.7 Å². The van der Waals surface area contributed by atoms with Crippen LogP contribution in [0.25, 0.3) is 0 Å². The summed E-state index contributed by atoms with van der Waals surface area (Å²) < 4.78 is 23.0. The van der Waals surface area contributed by atoms with Gasteiger partial charge in [0.1, 0.15) is 9.84 Å². The quantitative estimate of drug-likeness (QED) is 0.445. The van der Waals surface area contributed by atoms with Gasteiger partial charge in [0.05, 0.1) is 5.75 Å². The number of guanidine groups is 1. The number of hydrogen-bond donors (Lipinski definition) is 2. The van der Waals surface area contributed by atoms with Gasteiger partial charge < -0.3 is 10.6 Å². The highest BCUT2D eigenvalue weighted by atomic mass is 32.2. The van der Waals surface area contributed by atoms with Crippen LogP contribution in [0.2, 0.25) is 0 Å². The lowest BCUT2D eigenvalue weighted by atomic mass is 9.90. The van der Waals surface area contributed by atoms with E-state index in [0.717, 1.165) is 12.5 Å². The van der Waals surface area contributed by atoms with Crippen LogP contribution >= 0.6 is 0 Å². The monoisotopic (exact) mass is 429 g/mol. The van der Waals surface area contributed by atoms with Crippen LogP contribution < -0.4 is 10.6 Å². The third-order valence-electron chi connectivity index (χ3n) is 5.04. The Morgan fingerprint density at radius 1 is 0.967 bits per heavy atom. The number of rotatable bonds is 10. The first kappa shape index (κ1) is 23.9. The van der Waals surface area contributed by atoms with E-state index in [-0.39, 0.29) is 17.1 Å². The van der Waals surface area contributed by atoms with Gasteiger partial charge in [0.25, 0.3) is 0 Å². The molecule has 0 aliphatic heterocycles. The van der Waals surface area contributed by atoms with Crippen LogP contribution in [0, 0.1) is 5.41 Å². The molecule has 0 aromatic heterocycles. The normalized spacial score (nSPS) is 12.8. The predicted octanol–water partition coefficient (Wildman–Crippen LogP) is 3.83. The lowest BCUT2D eigenvalue weighted by Crippen LogP contribution is -2.40. The van der Waals surface area contributed by atoms with Crippen molar-refractivity contribution >= 4 is 15.8 Å². The molecule has 0 unspecified atom stereocenters. The van der Waals surface area contributed by atoms with Gasteiger partial charge in [-0.25, -0.2) is 8.42 Å². The molecule has 0 saturated heterocycles. The zero-order valence-corrected chi connectivity index (χ0v) is 19.4. The van der Waals surface area contributed by atoms with Gasteiger partial charge in [-0.1, -0.05) is 74.5 Å². The van der Waals surface area contributed by atoms with E-state index >= 15 is 0 Å². The fraction of sp³-hybridized carbons (Fsp3) is 0.458. The molecule has 2 aromatic carbocycles. The number of nitrogens with one attached hydrogen (secondary N) is 2. The molecule has 0 bridgehead atoms. The van der Waals surface area contributed by atoms with E-state index in [1.807, 2.05) is 19.1 Å². The summed E-state index contributed by atoms with van der Waals surface area (Å²) in [6, 6.07) is 20.9. The van der Waals surface area contributed by atoms with E-state index in [1.54, 1.807) is 0 Å². The molecule has 0 radical (unpaired) electrons. The first-order chi connectivity index (χ1) is 14.2. The van der Waals surface area contributed by atoms with Crippen LogP contribution in [0.4, 0.5) is 0 Å². The van der Waals surface area contributed by atoms with Crippen LogP contribution in [0.1, 0.15) is 44.2 Å². The molecular weight excluding hydrogens is 394 g/mol. The van der Waals surface area contributed by atoms with Crippen LogP contribution in [0.5, 0.6) is 0 Å². The number of sulfone groups is 1. The fourth-order valence-corrected chi connectivity index (χ4v) is 4.10.